The smallest absolute Gasteiger partial charge is 0.00974 e. The molecular weight excluding hydrogens is 192 g/mol. The van der Waals surface area contributed by atoms with Gasteiger partial charge in [-0.05, 0) is 30.4 Å². The first-order valence-corrected chi connectivity index (χ1v) is 6.55. The average Bonchev–Trinajstić information content (AvgIpc) is 2.37. The molecule has 2 rings (SSSR count). The molecule has 0 aliphatic heterocycles. The minimum Gasteiger partial charge on any atom is -0.0879 e. The first-order valence-electron chi connectivity index (χ1n) is 6.55. The van der Waals surface area contributed by atoms with Crippen LogP contribution in [0.2, 0.25) is 0 Å². The molecule has 0 heterocycles. The Balaban J connectivity index is 1.69. The molecule has 0 heteroatoms. The Morgan fingerprint density at radius 1 is 1.06 bits per heavy atom. The van der Waals surface area contributed by atoms with E-state index in [9.17, 15) is 0 Å². The van der Waals surface area contributed by atoms with Crippen LogP contribution in [0.15, 0.2) is 36.4 Å². The molecule has 1 radical (unpaired) electrons. The molecule has 1 saturated carbocycles. The van der Waals surface area contributed by atoms with E-state index in [1.54, 1.807) is 0 Å². The second-order valence-electron chi connectivity index (χ2n) is 4.82. The third kappa shape index (κ3) is 3.84. The van der Waals surface area contributed by atoms with Crippen LogP contribution in [0.25, 0.3) is 0 Å². The van der Waals surface area contributed by atoms with E-state index in [1.807, 2.05) is 12.1 Å². The molecule has 0 bridgehead atoms. The van der Waals surface area contributed by atoms with Gasteiger partial charge in [-0.15, -0.1) is 0 Å². The number of rotatable bonds is 4. The second kappa shape index (κ2) is 6.52. The monoisotopic (exact) mass is 213 g/mol. The quantitative estimate of drug-likeness (QED) is 0.643. The van der Waals surface area contributed by atoms with Crippen molar-refractivity contribution in [3.8, 4) is 0 Å². The lowest BCUT2D eigenvalue weighted by Gasteiger charge is -2.19. The molecule has 85 valence electrons. The van der Waals surface area contributed by atoms with Gasteiger partial charge >= 0.3 is 0 Å². The van der Waals surface area contributed by atoms with Gasteiger partial charge in [0.15, 0.2) is 0 Å². The van der Waals surface area contributed by atoms with Gasteiger partial charge in [0, 0.05) is 0 Å². The fourth-order valence-corrected chi connectivity index (χ4v) is 2.49. The summed E-state index contributed by atoms with van der Waals surface area (Å²) in [5.74, 6) is 0.967. The lowest BCUT2D eigenvalue weighted by atomic mass is 9.87. The second-order valence-corrected chi connectivity index (χ2v) is 4.82. The van der Waals surface area contributed by atoms with Crippen molar-refractivity contribution >= 4 is 0 Å². The molecule has 16 heavy (non-hydrogen) atoms. The van der Waals surface area contributed by atoms with E-state index in [4.69, 9.17) is 0 Å². The van der Waals surface area contributed by atoms with Crippen LogP contribution in [-0.4, -0.2) is 0 Å². The summed E-state index contributed by atoms with van der Waals surface area (Å²) in [7, 11) is 0. The van der Waals surface area contributed by atoms with Crippen molar-refractivity contribution in [2.45, 2.75) is 44.9 Å². The number of benzene rings is 1. The summed E-state index contributed by atoms with van der Waals surface area (Å²) in [5.41, 5.74) is 1.39. The van der Waals surface area contributed by atoms with Crippen molar-refractivity contribution in [3.05, 3.63) is 48.0 Å². The highest BCUT2D eigenvalue weighted by Crippen LogP contribution is 2.26. The summed E-state index contributed by atoms with van der Waals surface area (Å²) in [5, 5.41) is 0. The molecule has 1 aliphatic carbocycles. The molecular formula is C16H21. The summed E-state index contributed by atoms with van der Waals surface area (Å²) in [4.78, 5) is 0. The maximum Gasteiger partial charge on any atom is -0.00974 e. The summed E-state index contributed by atoms with van der Waals surface area (Å²) in [6.07, 6.45) is 14.3. The van der Waals surface area contributed by atoms with Crippen LogP contribution in [0.1, 0.15) is 44.1 Å². The van der Waals surface area contributed by atoms with Crippen LogP contribution in [0, 0.1) is 12.0 Å². The summed E-state index contributed by atoms with van der Waals surface area (Å²) >= 11 is 0. The molecule has 0 aromatic heterocycles. The van der Waals surface area contributed by atoms with E-state index in [0.29, 0.717) is 0 Å². The topological polar surface area (TPSA) is 0 Å². The fraction of sp³-hybridized carbons (Fsp3) is 0.500. The standard InChI is InChI=1S/C16H21/c1-3-9-15(10-4-1)13-7-8-14-16-11-5-2-6-12-16/h5-8,11-12,15H,1,3-4,9-10,13-14H2. The Morgan fingerprint density at radius 3 is 2.56 bits per heavy atom. The maximum atomic E-state index is 3.05. The Kier molecular flexibility index (Phi) is 4.67. The Bertz CT molecular complexity index is 304. The van der Waals surface area contributed by atoms with Crippen molar-refractivity contribution in [2.75, 3.05) is 0 Å². The first-order chi connectivity index (χ1) is 7.95. The van der Waals surface area contributed by atoms with Crippen molar-refractivity contribution in [1.82, 2.24) is 0 Å². The number of allylic oxidation sites excluding steroid dienone is 2. The van der Waals surface area contributed by atoms with Gasteiger partial charge in [0.2, 0.25) is 0 Å². The van der Waals surface area contributed by atoms with E-state index in [0.717, 1.165) is 12.3 Å². The normalized spacial score (nSPS) is 18.0. The Hall–Kier alpha value is -1.04. The number of hydrogen-bond donors (Lipinski definition) is 0. The van der Waals surface area contributed by atoms with Crippen LogP contribution in [-0.2, 0) is 6.42 Å². The van der Waals surface area contributed by atoms with Gasteiger partial charge in [0.25, 0.3) is 0 Å². The van der Waals surface area contributed by atoms with Crippen LogP contribution in [0.3, 0.4) is 0 Å². The first kappa shape index (κ1) is 11.4. The molecule has 0 N–H and O–H groups in total. The van der Waals surface area contributed by atoms with Gasteiger partial charge in [-0.3, -0.25) is 0 Å². The van der Waals surface area contributed by atoms with Crippen LogP contribution in [0.4, 0.5) is 0 Å². The predicted octanol–water partition coefficient (Wildman–Crippen LogP) is 4.56. The van der Waals surface area contributed by atoms with Gasteiger partial charge in [-0.25, -0.2) is 0 Å². The van der Waals surface area contributed by atoms with Crippen molar-refractivity contribution in [1.29, 1.82) is 0 Å². The van der Waals surface area contributed by atoms with Crippen molar-refractivity contribution in [3.63, 3.8) is 0 Å². The van der Waals surface area contributed by atoms with Crippen LogP contribution in [0.5, 0.6) is 0 Å². The predicted molar refractivity (Wildman–Crippen MR) is 69.3 cm³/mol. The van der Waals surface area contributed by atoms with Gasteiger partial charge in [-0.2, -0.15) is 0 Å². The molecule has 0 nitrogen and oxygen atoms in total. The van der Waals surface area contributed by atoms with Gasteiger partial charge < -0.3 is 0 Å². The third-order valence-corrected chi connectivity index (χ3v) is 3.50. The molecule has 1 fully saturated rings. The average molecular weight is 213 g/mol. The largest absolute Gasteiger partial charge is 0.0879 e. The maximum absolute atomic E-state index is 3.05. The fourth-order valence-electron chi connectivity index (χ4n) is 2.49. The highest BCUT2D eigenvalue weighted by molar-refractivity contribution is 5.16. The minimum atomic E-state index is 0.967. The third-order valence-electron chi connectivity index (χ3n) is 3.50. The molecule has 1 aromatic carbocycles. The summed E-state index contributed by atoms with van der Waals surface area (Å²) in [6.45, 7) is 0. The lowest BCUT2D eigenvalue weighted by Crippen LogP contribution is -2.04. The lowest BCUT2D eigenvalue weighted by molar-refractivity contribution is 0.361. The van der Waals surface area contributed by atoms with E-state index < -0.39 is 0 Å². The van der Waals surface area contributed by atoms with E-state index in [1.165, 1.54) is 44.1 Å². The summed E-state index contributed by atoms with van der Waals surface area (Å²) < 4.78 is 0. The van der Waals surface area contributed by atoms with Gasteiger partial charge in [0.05, 0.1) is 0 Å². The van der Waals surface area contributed by atoms with Crippen molar-refractivity contribution < 1.29 is 0 Å². The van der Waals surface area contributed by atoms with E-state index in [2.05, 4.69) is 30.4 Å². The van der Waals surface area contributed by atoms with Gasteiger partial charge in [0.1, 0.15) is 0 Å². The Labute approximate surface area is 99.4 Å². The zero-order valence-corrected chi connectivity index (χ0v) is 9.99. The molecule has 0 unspecified atom stereocenters. The molecule has 0 saturated heterocycles. The molecule has 0 atom stereocenters. The van der Waals surface area contributed by atoms with Crippen LogP contribution >= 0.6 is 0 Å². The van der Waals surface area contributed by atoms with E-state index >= 15 is 0 Å². The highest BCUT2D eigenvalue weighted by atomic mass is 14.2. The molecule has 1 aromatic rings. The van der Waals surface area contributed by atoms with Crippen molar-refractivity contribution in [2.24, 2.45) is 5.92 Å². The van der Waals surface area contributed by atoms with Gasteiger partial charge in [-0.1, -0.05) is 68.5 Å². The zero-order chi connectivity index (χ0) is 11.1. The summed E-state index contributed by atoms with van der Waals surface area (Å²) in [6, 6.07) is 11.3. The highest BCUT2D eigenvalue weighted by Gasteiger charge is 2.10. The molecule has 0 amide bonds. The number of hydrogen-bond acceptors (Lipinski definition) is 0. The van der Waals surface area contributed by atoms with E-state index in [-0.39, 0.29) is 0 Å². The molecule has 1 aliphatic rings. The minimum absolute atomic E-state index is 0.967. The van der Waals surface area contributed by atoms with Crippen LogP contribution < -0.4 is 0 Å². The Morgan fingerprint density at radius 2 is 1.81 bits per heavy atom. The molecule has 0 spiro atoms. The SMILES string of the molecule is [c]1ccc(CC=CCC2CCCCC2)cc1. The zero-order valence-electron chi connectivity index (χ0n) is 9.99.